The van der Waals surface area contributed by atoms with E-state index in [9.17, 15) is 18.0 Å². The van der Waals surface area contributed by atoms with Gasteiger partial charge in [-0.3, -0.25) is 4.79 Å². The van der Waals surface area contributed by atoms with Crippen LogP contribution in [0.25, 0.3) is 0 Å². The molecule has 176 valence electrons. The number of rotatable bonds is 9. The Morgan fingerprint density at radius 1 is 1.25 bits per heavy atom. The first-order valence-electron chi connectivity index (χ1n) is 11.1. The number of amides is 1. The van der Waals surface area contributed by atoms with Gasteiger partial charge < -0.3 is 10.1 Å². The molecular weight excluding hydrogens is 439 g/mol. The minimum Gasteiger partial charge on any atom is -0.378 e. The fourth-order valence-electron chi connectivity index (χ4n) is 4.79. The zero-order valence-electron chi connectivity index (χ0n) is 18.6. The summed E-state index contributed by atoms with van der Waals surface area (Å²) in [5, 5.41) is 3.21. The minimum atomic E-state index is -4.43. The van der Waals surface area contributed by atoms with Crippen molar-refractivity contribution in [3.63, 3.8) is 0 Å². The number of alkyl halides is 3. The van der Waals surface area contributed by atoms with Crippen LogP contribution in [0.3, 0.4) is 0 Å². The first-order chi connectivity index (χ1) is 14.9. The summed E-state index contributed by atoms with van der Waals surface area (Å²) in [6, 6.07) is 4.79. The largest absolute Gasteiger partial charge is 0.416 e. The molecule has 1 aromatic rings. The van der Waals surface area contributed by atoms with Crippen LogP contribution in [0.5, 0.6) is 0 Å². The van der Waals surface area contributed by atoms with Gasteiger partial charge in [0, 0.05) is 16.6 Å². The van der Waals surface area contributed by atoms with Crippen molar-refractivity contribution in [2.45, 2.75) is 58.2 Å². The summed E-state index contributed by atoms with van der Waals surface area (Å²) in [6.07, 6.45) is 4.01. The Morgan fingerprint density at radius 2 is 1.94 bits per heavy atom. The third kappa shape index (κ3) is 6.61. The molecule has 0 aromatic heterocycles. The molecule has 1 N–H and O–H groups in total. The van der Waals surface area contributed by atoms with Gasteiger partial charge in [0.15, 0.2) is 0 Å². The number of hydrogen-bond donors (Lipinski definition) is 1. The van der Waals surface area contributed by atoms with E-state index in [1.807, 2.05) is 6.08 Å². The summed E-state index contributed by atoms with van der Waals surface area (Å²) >= 11 is 5.73. The highest BCUT2D eigenvalue weighted by molar-refractivity contribution is 6.30. The van der Waals surface area contributed by atoms with Crippen LogP contribution in [0.1, 0.15) is 51.5 Å². The van der Waals surface area contributed by atoms with Crippen LogP contribution in [-0.2, 0) is 15.7 Å². The molecule has 0 spiro atoms. The topological polar surface area (TPSA) is 38.3 Å². The second-order valence-corrected chi connectivity index (χ2v) is 10.3. The lowest BCUT2D eigenvalue weighted by molar-refractivity contribution is -0.144. The number of nitrogens with one attached hydrogen (secondary N) is 1. The average Bonchev–Trinajstić information content (AvgIpc) is 2.69. The Bertz CT molecular complexity index is 853. The smallest absolute Gasteiger partial charge is 0.378 e. The van der Waals surface area contributed by atoms with E-state index in [1.54, 1.807) is 6.08 Å². The quantitative estimate of drug-likeness (QED) is 0.388. The number of allylic oxidation sites excluding steroid dienone is 3. The molecule has 3 saturated carbocycles. The molecule has 0 radical (unpaired) electrons. The number of hydrogen-bond acceptors (Lipinski definition) is 2. The molecule has 4 rings (SSSR count). The molecule has 1 aromatic carbocycles. The maximum Gasteiger partial charge on any atom is 0.416 e. The Kier molecular flexibility index (Phi) is 7.77. The lowest BCUT2D eigenvalue weighted by Gasteiger charge is -2.51. The van der Waals surface area contributed by atoms with Gasteiger partial charge in [-0.1, -0.05) is 44.2 Å². The molecule has 0 heterocycles. The maximum absolute atomic E-state index is 12.9. The second-order valence-electron chi connectivity index (χ2n) is 9.81. The third-order valence-electron chi connectivity index (χ3n) is 6.51. The molecule has 2 bridgehead atoms. The minimum absolute atomic E-state index is 0.0277. The van der Waals surface area contributed by atoms with Crippen molar-refractivity contribution < 1.29 is 22.7 Å². The Hall–Kier alpha value is -1.79. The zero-order chi connectivity index (χ0) is 23.5. The van der Waals surface area contributed by atoms with Gasteiger partial charge in [0.2, 0.25) is 5.91 Å². The highest BCUT2D eigenvalue weighted by Gasteiger charge is 2.51. The fraction of sp³-hybridized carbons (Fsp3) is 0.560. The van der Waals surface area contributed by atoms with Crippen molar-refractivity contribution in [3.8, 4) is 0 Å². The Morgan fingerprint density at radius 3 is 2.56 bits per heavy atom. The monoisotopic (exact) mass is 469 g/mol. The summed E-state index contributed by atoms with van der Waals surface area (Å²) in [5.41, 5.74) is -0.542. The highest BCUT2D eigenvalue weighted by Crippen LogP contribution is 2.52. The molecule has 2 unspecified atom stereocenters. The van der Waals surface area contributed by atoms with Crippen molar-refractivity contribution >= 4 is 23.2 Å². The van der Waals surface area contributed by atoms with Crippen LogP contribution in [0.15, 0.2) is 48.0 Å². The van der Waals surface area contributed by atoms with Crippen molar-refractivity contribution in [2.75, 3.05) is 11.9 Å². The highest BCUT2D eigenvalue weighted by atomic mass is 35.5. The van der Waals surface area contributed by atoms with Gasteiger partial charge in [0.1, 0.15) is 0 Å². The van der Waals surface area contributed by atoms with Gasteiger partial charge in [-0.05, 0) is 73.6 Å². The van der Waals surface area contributed by atoms with Crippen molar-refractivity contribution in [3.05, 3.63) is 53.6 Å². The molecule has 3 aliphatic carbocycles. The summed E-state index contributed by atoms with van der Waals surface area (Å²) in [5.74, 6) is 0.124. The van der Waals surface area contributed by atoms with Crippen LogP contribution >= 0.6 is 11.6 Å². The predicted molar refractivity (Wildman–Crippen MR) is 121 cm³/mol. The summed E-state index contributed by atoms with van der Waals surface area (Å²) in [7, 11) is 0. The van der Waals surface area contributed by atoms with Crippen LogP contribution in [0, 0.1) is 23.2 Å². The first-order valence-corrected chi connectivity index (χ1v) is 11.4. The van der Waals surface area contributed by atoms with Gasteiger partial charge in [-0.25, -0.2) is 0 Å². The number of benzene rings is 1. The van der Waals surface area contributed by atoms with E-state index in [0.717, 1.165) is 44.2 Å². The van der Waals surface area contributed by atoms with Gasteiger partial charge in [-0.2, -0.15) is 13.2 Å². The normalized spacial score (nSPS) is 25.4. The van der Waals surface area contributed by atoms with Crippen LogP contribution < -0.4 is 5.32 Å². The van der Waals surface area contributed by atoms with E-state index >= 15 is 0 Å². The first kappa shape index (κ1) is 24.8. The molecule has 0 aliphatic heterocycles. The van der Waals surface area contributed by atoms with E-state index in [1.165, 1.54) is 12.1 Å². The molecule has 1 amide bonds. The van der Waals surface area contributed by atoms with Crippen molar-refractivity contribution in [1.82, 2.24) is 0 Å². The number of carbonyl (C=O) groups excluding carboxylic acids is 1. The summed E-state index contributed by atoms with van der Waals surface area (Å²) in [4.78, 5) is 12.7. The number of anilines is 1. The zero-order valence-corrected chi connectivity index (χ0v) is 19.3. The molecule has 7 heteroatoms. The SMILES string of the molecule is C=C(Cl)/C=C\CCC(C)(C)COC1CC2CC(C1)C2C(=O)Nc1cccc(C(F)(F)F)c1. The van der Waals surface area contributed by atoms with Crippen molar-refractivity contribution in [2.24, 2.45) is 23.2 Å². The Labute approximate surface area is 193 Å². The van der Waals surface area contributed by atoms with Crippen LogP contribution in [0.2, 0.25) is 0 Å². The predicted octanol–water partition coefficient (Wildman–Crippen LogP) is 7.19. The van der Waals surface area contributed by atoms with Crippen molar-refractivity contribution in [1.29, 1.82) is 0 Å². The molecular formula is C25H31ClF3NO2. The molecule has 0 saturated heterocycles. The lowest BCUT2D eigenvalue weighted by Crippen LogP contribution is -2.52. The molecule has 3 nitrogen and oxygen atoms in total. The molecule has 2 atom stereocenters. The van der Waals surface area contributed by atoms with Gasteiger partial charge >= 0.3 is 6.18 Å². The average molecular weight is 470 g/mol. The second kappa shape index (κ2) is 10.0. The van der Waals surface area contributed by atoms with Gasteiger partial charge in [0.05, 0.1) is 18.3 Å². The van der Waals surface area contributed by atoms with Gasteiger partial charge in [0.25, 0.3) is 0 Å². The van der Waals surface area contributed by atoms with Crippen LogP contribution in [0.4, 0.5) is 18.9 Å². The number of fused-ring (bicyclic) bond motifs is 2. The molecule has 3 fully saturated rings. The lowest BCUT2D eigenvalue weighted by atomic mass is 9.56. The summed E-state index contributed by atoms with van der Waals surface area (Å²) < 4.78 is 44.9. The molecule has 3 aliphatic rings. The van der Waals surface area contributed by atoms with E-state index in [0.29, 0.717) is 11.6 Å². The van der Waals surface area contributed by atoms with Crippen LogP contribution in [-0.4, -0.2) is 18.6 Å². The Balaban J connectivity index is 1.46. The molecule has 32 heavy (non-hydrogen) atoms. The number of carbonyl (C=O) groups is 1. The fourth-order valence-corrected chi connectivity index (χ4v) is 4.88. The standard InChI is InChI=1S/C25H31ClF3NO2/c1-16(26)7-4-5-10-24(2,3)15-32-21-12-17-11-18(13-21)22(17)23(31)30-20-9-6-8-19(14-20)25(27,28)29/h4,6-9,14,17-18,21-22H,1,5,10-13,15H2,2-3H3,(H,30,31)/b7-4-. The van der Waals surface area contributed by atoms with E-state index in [4.69, 9.17) is 16.3 Å². The van der Waals surface area contributed by atoms with E-state index in [-0.39, 0.29) is 40.9 Å². The maximum atomic E-state index is 12.9. The third-order valence-corrected chi connectivity index (χ3v) is 6.63. The van der Waals surface area contributed by atoms with E-state index in [2.05, 4.69) is 25.7 Å². The van der Waals surface area contributed by atoms with E-state index < -0.39 is 11.7 Å². The summed E-state index contributed by atoms with van der Waals surface area (Å²) in [6.45, 7) is 8.62. The number of halogens is 4. The number of ether oxygens (including phenoxy) is 1. The van der Waals surface area contributed by atoms with Gasteiger partial charge in [-0.15, -0.1) is 0 Å².